The van der Waals surface area contributed by atoms with E-state index in [4.69, 9.17) is 5.73 Å². The molecule has 2 N–H and O–H groups in total. The van der Waals surface area contributed by atoms with E-state index in [0.717, 1.165) is 12.5 Å². The van der Waals surface area contributed by atoms with E-state index in [-0.39, 0.29) is 0 Å². The number of hydrogen-bond acceptors (Lipinski definition) is 1. The van der Waals surface area contributed by atoms with Gasteiger partial charge in [-0.25, -0.2) is 0 Å². The molecule has 0 heterocycles. The molecule has 0 aliphatic heterocycles. The lowest BCUT2D eigenvalue weighted by molar-refractivity contribution is 0.638. The van der Waals surface area contributed by atoms with Gasteiger partial charge in [0.15, 0.2) is 0 Å². The molecule has 0 spiro atoms. The van der Waals surface area contributed by atoms with Crippen LogP contribution in [0.4, 0.5) is 0 Å². The zero-order valence-electron chi connectivity index (χ0n) is 6.06. The van der Waals surface area contributed by atoms with Crippen LogP contribution in [0.3, 0.4) is 0 Å². The van der Waals surface area contributed by atoms with Crippen molar-refractivity contribution in [2.45, 2.75) is 26.2 Å². The molecule has 0 radical (unpaired) electrons. The first-order valence-electron chi connectivity index (χ1n) is 3.73. The second-order valence-electron chi connectivity index (χ2n) is 2.69. The first-order chi connectivity index (χ1) is 4.38. The SMILES string of the molecule is C/C=C1\CCCC1CN. The molecule has 1 heteroatoms. The zero-order chi connectivity index (χ0) is 6.69. The summed E-state index contributed by atoms with van der Waals surface area (Å²) in [5.74, 6) is 0.718. The second kappa shape index (κ2) is 3.02. The molecule has 0 aromatic carbocycles. The van der Waals surface area contributed by atoms with Gasteiger partial charge in [-0.05, 0) is 38.6 Å². The van der Waals surface area contributed by atoms with Gasteiger partial charge in [0.25, 0.3) is 0 Å². The third-order valence-electron chi connectivity index (χ3n) is 2.20. The lowest BCUT2D eigenvalue weighted by Crippen LogP contribution is -2.11. The van der Waals surface area contributed by atoms with Gasteiger partial charge in [-0.2, -0.15) is 0 Å². The molecule has 1 saturated carbocycles. The van der Waals surface area contributed by atoms with Crippen LogP contribution in [0.2, 0.25) is 0 Å². The van der Waals surface area contributed by atoms with E-state index in [1.54, 1.807) is 5.57 Å². The fraction of sp³-hybridized carbons (Fsp3) is 0.750. The van der Waals surface area contributed by atoms with Gasteiger partial charge in [-0.3, -0.25) is 0 Å². The minimum Gasteiger partial charge on any atom is -0.330 e. The number of nitrogens with two attached hydrogens (primary N) is 1. The second-order valence-corrected chi connectivity index (χ2v) is 2.69. The molecule has 0 amide bonds. The van der Waals surface area contributed by atoms with Crippen molar-refractivity contribution in [3.05, 3.63) is 11.6 Å². The summed E-state index contributed by atoms with van der Waals surface area (Å²) < 4.78 is 0. The summed E-state index contributed by atoms with van der Waals surface area (Å²) >= 11 is 0. The van der Waals surface area contributed by atoms with Crippen LogP contribution in [0.5, 0.6) is 0 Å². The molecular weight excluding hydrogens is 110 g/mol. The van der Waals surface area contributed by atoms with Crippen LogP contribution in [0.25, 0.3) is 0 Å². The highest BCUT2D eigenvalue weighted by molar-refractivity contribution is 5.10. The molecule has 0 aromatic heterocycles. The molecule has 0 bridgehead atoms. The molecular formula is C8H15N. The quantitative estimate of drug-likeness (QED) is 0.530. The van der Waals surface area contributed by atoms with Crippen molar-refractivity contribution in [1.29, 1.82) is 0 Å². The summed E-state index contributed by atoms with van der Waals surface area (Å²) in [6.07, 6.45) is 6.18. The molecule has 1 aliphatic carbocycles. The van der Waals surface area contributed by atoms with Crippen molar-refractivity contribution >= 4 is 0 Å². The Bertz CT molecular complexity index is 116. The molecule has 1 rings (SSSR count). The summed E-state index contributed by atoms with van der Waals surface area (Å²) in [6, 6.07) is 0. The smallest absolute Gasteiger partial charge is 0.00115 e. The Hall–Kier alpha value is -0.300. The van der Waals surface area contributed by atoms with E-state index in [1.807, 2.05) is 0 Å². The Balaban J connectivity index is 2.52. The lowest BCUT2D eigenvalue weighted by atomic mass is 10.0. The average molecular weight is 125 g/mol. The van der Waals surface area contributed by atoms with Gasteiger partial charge in [-0.1, -0.05) is 11.6 Å². The Kier molecular flexibility index (Phi) is 2.29. The molecule has 1 aliphatic rings. The first kappa shape index (κ1) is 6.81. The summed E-state index contributed by atoms with van der Waals surface area (Å²) in [5, 5.41) is 0. The van der Waals surface area contributed by atoms with Crippen molar-refractivity contribution in [3.63, 3.8) is 0 Å². The molecule has 0 saturated heterocycles. The van der Waals surface area contributed by atoms with E-state index < -0.39 is 0 Å². The highest BCUT2D eigenvalue weighted by Crippen LogP contribution is 2.29. The van der Waals surface area contributed by atoms with Crippen LogP contribution >= 0.6 is 0 Å². The van der Waals surface area contributed by atoms with E-state index in [0.29, 0.717) is 0 Å². The monoisotopic (exact) mass is 125 g/mol. The van der Waals surface area contributed by atoms with Crippen molar-refractivity contribution in [2.24, 2.45) is 11.7 Å². The summed E-state index contributed by atoms with van der Waals surface area (Å²) in [5.41, 5.74) is 7.14. The Morgan fingerprint density at radius 2 is 2.56 bits per heavy atom. The van der Waals surface area contributed by atoms with Crippen molar-refractivity contribution in [3.8, 4) is 0 Å². The van der Waals surface area contributed by atoms with Crippen LogP contribution < -0.4 is 5.73 Å². The maximum atomic E-state index is 5.56. The van der Waals surface area contributed by atoms with Gasteiger partial charge in [0.05, 0.1) is 0 Å². The van der Waals surface area contributed by atoms with Gasteiger partial charge in [0.2, 0.25) is 0 Å². The van der Waals surface area contributed by atoms with E-state index in [2.05, 4.69) is 13.0 Å². The minimum absolute atomic E-state index is 0.718. The first-order valence-corrected chi connectivity index (χ1v) is 3.73. The highest BCUT2D eigenvalue weighted by atomic mass is 14.6. The maximum absolute atomic E-state index is 5.56. The normalized spacial score (nSPS) is 31.8. The molecule has 52 valence electrons. The van der Waals surface area contributed by atoms with E-state index in [9.17, 15) is 0 Å². The summed E-state index contributed by atoms with van der Waals surface area (Å²) in [4.78, 5) is 0. The van der Waals surface area contributed by atoms with Gasteiger partial charge in [-0.15, -0.1) is 0 Å². The van der Waals surface area contributed by atoms with Crippen LogP contribution in [-0.2, 0) is 0 Å². The van der Waals surface area contributed by atoms with Gasteiger partial charge >= 0.3 is 0 Å². The Labute approximate surface area is 56.9 Å². The zero-order valence-corrected chi connectivity index (χ0v) is 6.06. The highest BCUT2D eigenvalue weighted by Gasteiger charge is 2.17. The van der Waals surface area contributed by atoms with Crippen LogP contribution in [0.1, 0.15) is 26.2 Å². The fourth-order valence-electron chi connectivity index (χ4n) is 1.59. The standard InChI is InChI=1S/C8H15N/c1-2-7-4-3-5-8(7)6-9/h2,8H,3-6,9H2,1H3/b7-2+. The number of allylic oxidation sites excluding steroid dienone is 1. The van der Waals surface area contributed by atoms with E-state index >= 15 is 0 Å². The molecule has 1 fully saturated rings. The van der Waals surface area contributed by atoms with Gasteiger partial charge in [0.1, 0.15) is 0 Å². The van der Waals surface area contributed by atoms with Crippen LogP contribution in [-0.4, -0.2) is 6.54 Å². The van der Waals surface area contributed by atoms with Gasteiger partial charge < -0.3 is 5.73 Å². The molecule has 9 heavy (non-hydrogen) atoms. The Morgan fingerprint density at radius 1 is 1.78 bits per heavy atom. The largest absolute Gasteiger partial charge is 0.330 e. The molecule has 1 nitrogen and oxygen atoms in total. The number of hydrogen-bond donors (Lipinski definition) is 1. The molecule has 0 aromatic rings. The topological polar surface area (TPSA) is 26.0 Å². The average Bonchev–Trinajstić information content (AvgIpc) is 2.33. The predicted molar refractivity (Wildman–Crippen MR) is 40.2 cm³/mol. The fourth-order valence-corrected chi connectivity index (χ4v) is 1.59. The molecule has 1 unspecified atom stereocenters. The third kappa shape index (κ3) is 1.33. The van der Waals surface area contributed by atoms with Gasteiger partial charge in [0, 0.05) is 0 Å². The molecule has 1 atom stereocenters. The summed E-state index contributed by atoms with van der Waals surface area (Å²) in [7, 11) is 0. The van der Waals surface area contributed by atoms with Crippen molar-refractivity contribution in [1.82, 2.24) is 0 Å². The summed E-state index contributed by atoms with van der Waals surface area (Å²) in [6.45, 7) is 2.96. The maximum Gasteiger partial charge on any atom is -0.00115 e. The predicted octanol–water partition coefficient (Wildman–Crippen LogP) is 1.69. The third-order valence-corrected chi connectivity index (χ3v) is 2.20. The van der Waals surface area contributed by atoms with Crippen LogP contribution in [0.15, 0.2) is 11.6 Å². The van der Waals surface area contributed by atoms with Crippen LogP contribution in [0, 0.1) is 5.92 Å². The Morgan fingerprint density at radius 3 is 3.00 bits per heavy atom. The minimum atomic E-state index is 0.718. The van der Waals surface area contributed by atoms with Crippen molar-refractivity contribution in [2.75, 3.05) is 6.54 Å². The van der Waals surface area contributed by atoms with Crippen molar-refractivity contribution < 1.29 is 0 Å². The van der Waals surface area contributed by atoms with E-state index in [1.165, 1.54) is 19.3 Å². The number of rotatable bonds is 1. The lowest BCUT2D eigenvalue weighted by Gasteiger charge is -2.06.